The third kappa shape index (κ3) is 6.14. The Morgan fingerprint density at radius 2 is 1.87 bits per heavy atom. The fraction of sp³-hybridized carbons (Fsp3) is 0.348. The van der Waals surface area contributed by atoms with Crippen LogP contribution in [0.5, 0.6) is 5.75 Å². The van der Waals surface area contributed by atoms with E-state index in [0.29, 0.717) is 5.69 Å². The van der Waals surface area contributed by atoms with Crippen LogP contribution in [0.1, 0.15) is 13.3 Å². The van der Waals surface area contributed by atoms with Crippen molar-refractivity contribution in [1.82, 2.24) is 15.3 Å². The zero-order valence-electron chi connectivity index (χ0n) is 19.6. The second kappa shape index (κ2) is 10.7. The van der Waals surface area contributed by atoms with Crippen LogP contribution in [-0.2, 0) is 15.5 Å². The Morgan fingerprint density at radius 3 is 2.53 bits per heavy atom. The van der Waals surface area contributed by atoms with Gasteiger partial charge >= 0.3 is 12.1 Å². The first-order valence-corrected chi connectivity index (χ1v) is 12.6. The van der Waals surface area contributed by atoms with Gasteiger partial charge in [-0.05, 0) is 31.5 Å². The van der Waals surface area contributed by atoms with Crippen molar-refractivity contribution in [2.45, 2.75) is 31.5 Å². The van der Waals surface area contributed by atoms with Crippen molar-refractivity contribution in [1.29, 1.82) is 0 Å². The van der Waals surface area contributed by atoms with Crippen LogP contribution < -0.4 is 15.4 Å². The molecule has 2 N–H and O–H groups in total. The monoisotopic (exact) mass is 563 g/mol. The molecule has 1 amide bonds. The van der Waals surface area contributed by atoms with Crippen molar-refractivity contribution in [2.75, 3.05) is 23.4 Å². The van der Waals surface area contributed by atoms with E-state index in [4.69, 9.17) is 4.74 Å². The van der Waals surface area contributed by atoms with Crippen LogP contribution in [0.4, 0.5) is 47.9 Å². The normalized spacial score (nSPS) is 15.1. The molecule has 1 saturated heterocycles. The number of hydrogen-bond donors (Lipinski definition) is 2. The summed E-state index contributed by atoms with van der Waals surface area (Å²) in [6, 6.07) is 5.92. The first-order chi connectivity index (χ1) is 17.8. The lowest BCUT2D eigenvalue weighted by Gasteiger charge is -2.22. The van der Waals surface area contributed by atoms with Crippen LogP contribution in [0.2, 0.25) is 0 Å². The minimum atomic E-state index is -5.86. The first kappa shape index (κ1) is 27.5. The van der Waals surface area contributed by atoms with Crippen molar-refractivity contribution in [3.63, 3.8) is 0 Å². The maximum Gasteiger partial charge on any atom is 0.455 e. The van der Waals surface area contributed by atoms with Gasteiger partial charge in [0.05, 0.1) is 28.8 Å². The molecule has 1 fully saturated rings. The Hall–Kier alpha value is -3.49. The minimum absolute atomic E-state index is 0.00107. The summed E-state index contributed by atoms with van der Waals surface area (Å²) in [5.41, 5.74) is 0.688. The number of nitrogens with one attached hydrogen (secondary N) is 2. The summed E-state index contributed by atoms with van der Waals surface area (Å²) < 4.78 is 102. The highest BCUT2D eigenvalue weighted by Crippen LogP contribution is 2.36. The summed E-state index contributed by atoms with van der Waals surface area (Å²) in [6.45, 7) is -0.928. The Labute approximate surface area is 213 Å². The number of alkyl halides is 5. The molecule has 0 aliphatic carbocycles. The highest BCUT2D eigenvalue weighted by molar-refractivity contribution is 7.88. The number of ether oxygens (including phenoxy) is 1. The third-order valence-corrected chi connectivity index (χ3v) is 7.43. The Kier molecular flexibility index (Phi) is 7.76. The van der Waals surface area contributed by atoms with E-state index in [1.807, 2.05) is 0 Å². The molecule has 15 heteroatoms. The van der Waals surface area contributed by atoms with Gasteiger partial charge in [0, 0.05) is 23.6 Å². The Morgan fingerprint density at radius 1 is 1.13 bits per heavy atom. The van der Waals surface area contributed by atoms with Gasteiger partial charge in [0.2, 0.25) is 0 Å². The molecule has 1 aliphatic heterocycles. The molecule has 1 aliphatic rings. The lowest BCUT2D eigenvalue weighted by molar-refractivity contribution is -0.278. The van der Waals surface area contributed by atoms with Gasteiger partial charge in [0.1, 0.15) is 29.5 Å². The number of aromatic nitrogens is 2. The zero-order valence-corrected chi connectivity index (χ0v) is 20.4. The van der Waals surface area contributed by atoms with E-state index in [-0.39, 0.29) is 38.8 Å². The summed E-state index contributed by atoms with van der Waals surface area (Å²) in [5, 5.41) is 4.24. The van der Waals surface area contributed by atoms with Crippen LogP contribution >= 0.6 is 0 Å². The molecule has 0 spiro atoms. The number of amides is 1. The summed E-state index contributed by atoms with van der Waals surface area (Å²) >= 11 is 0. The molecule has 2 heterocycles. The van der Waals surface area contributed by atoms with Crippen molar-refractivity contribution in [2.24, 2.45) is 4.36 Å². The maximum absolute atomic E-state index is 15.1. The highest BCUT2D eigenvalue weighted by atomic mass is 32.2. The number of hydrogen-bond acceptors (Lipinski definition) is 6. The Bertz CT molecular complexity index is 1390. The topological polar surface area (TPSA) is 88.5 Å². The van der Waals surface area contributed by atoms with Gasteiger partial charge in [0.15, 0.2) is 6.10 Å². The predicted octanol–water partition coefficient (Wildman–Crippen LogP) is 5.57. The molecule has 1 aromatic heterocycles. The van der Waals surface area contributed by atoms with E-state index < -0.39 is 42.3 Å². The fourth-order valence-corrected chi connectivity index (χ4v) is 4.43. The van der Waals surface area contributed by atoms with E-state index in [1.165, 1.54) is 23.8 Å². The number of rotatable bonds is 8. The molecule has 38 heavy (non-hydrogen) atoms. The van der Waals surface area contributed by atoms with Crippen molar-refractivity contribution < 1.29 is 40.3 Å². The lowest BCUT2D eigenvalue weighted by Crippen LogP contribution is -2.49. The average Bonchev–Trinajstić information content (AvgIpc) is 2.80. The van der Waals surface area contributed by atoms with Gasteiger partial charge in [-0.15, -0.1) is 0 Å². The van der Waals surface area contributed by atoms with Crippen LogP contribution in [0, 0.1) is 11.6 Å². The molecular formula is C23H20F7N5O2S. The summed E-state index contributed by atoms with van der Waals surface area (Å²) in [6.07, 6.45) is -5.22. The van der Waals surface area contributed by atoms with Crippen molar-refractivity contribution >= 4 is 44.7 Å². The number of benzene rings is 2. The van der Waals surface area contributed by atoms with Gasteiger partial charge in [-0.1, -0.05) is 10.7 Å². The lowest BCUT2D eigenvalue weighted by atomic mass is 10.2. The SMILES string of the molecule is C[C@@H](Oc1cc(F)ccc1Nc1ncnc2cc(N=S3CCC3)cc(F)c12)C(=O)NCC(F)(F)C(F)(F)F. The number of halogens is 7. The summed E-state index contributed by atoms with van der Waals surface area (Å²) in [5.74, 6) is -6.36. The first-order valence-electron chi connectivity index (χ1n) is 11.1. The Balaban J connectivity index is 1.55. The number of carbonyl (C=O) groups excluding carboxylic acids is 1. The number of nitrogens with zero attached hydrogens (tertiary/aromatic N) is 3. The standard InChI is InChI=1S/C23H20F7N5O2S/c1-12(21(36)31-10-22(26,27)23(28,29)30)37-18-7-13(24)3-4-16(18)34-20-19-15(25)8-14(35-38-5-2-6-38)9-17(19)32-11-33-20/h3-4,7-9,11-12H,2,5-6,10H2,1H3,(H,31,36)(H,32,33,34)/t12-/m1/s1. The molecule has 0 bridgehead atoms. The van der Waals surface area contributed by atoms with E-state index in [0.717, 1.165) is 37.0 Å². The molecule has 0 unspecified atom stereocenters. The maximum atomic E-state index is 15.1. The summed E-state index contributed by atoms with van der Waals surface area (Å²) in [4.78, 5) is 20.2. The fourth-order valence-electron chi connectivity index (χ4n) is 3.30. The predicted molar refractivity (Wildman–Crippen MR) is 127 cm³/mol. The van der Waals surface area contributed by atoms with Gasteiger partial charge in [-0.25, -0.2) is 23.1 Å². The quantitative estimate of drug-likeness (QED) is 0.350. The second-order valence-corrected chi connectivity index (χ2v) is 10.2. The molecule has 7 nitrogen and oxygen atoms in total. The van der Waals surface area contributed by atoms with E-state index in [9.17, 15) is 31.1 Å². The molecule has 2 aromatic carbocycles. The molecule has 204 valence electrons. The largest absolute Gasteiger partial charge is 0.479 e. The summed E-state index contributed by atoms with van der Waals surface area (Å²) in [7, 11) is -0.145. The van der Waals surface area contributed by atoms with Crippen molar-refractivity contribution in [3.8, 4) is 5.75 Å². The van der Waals surface area contributed by atoms with Crippen LogP contribution in [-0.4, -0.2) is 52.1 Å². The second-order valence-electron chi connectivity index (χ2n) is 8.30. The molecule has 1 atom stereocenters. The molecule has 3 aromatic rings. The van der Waals surface area contributed by atoms with Gasteiger partial charge < -0.3 is 15.4 Å². The smallest absolute Gasteiger partial charge is 0.455 e. The van der Waals surface area contributed by atoms with E-state index in [1.54, 1.807) is 6.07 Å². The molecule has 0 saturated carbocycles. The van der Waals surface area contributed by atoms with E-state index in [2.05, 4.69) is 19.6 Å². The van der Waals surface area contributed by atoms with Crippen molar-refractivity contribution in [3.05, 3.63) is 48.3 Å². The van der Waals surface area contributed by atoms with E-state index >= 15 is 4.39 Å². The third-order valence-electron chi connectivity index (χ3n) is 5.44. The van der Waals surface area contributed by atoms with Gasteiger partial charge in [0.25, 0.3) is 5.91 Å². The molecule has 0 radical (unpaired) electrons. The zero-order chi connectivity index (χ0) is 27.7. The van der Waals surface area contributed by atoms with Crippen LogP contribution in [0.25, 0.3) is 10.9 Å². The van der Waals surface area contributed by atoms with Gasteiger partial charge in [-0.2, -0.15) is 22.0 Å². The average molecular weight is 563 g/mol. The molecular weight excluding hydrogens is 543 g/mol. The number of carbonyl (C=O) groups is 1. The highest BCUT2D eigenvalue weighted by Gasteiger charge is 2.57. The number of anilines is 2. The van der Waals surface area contributed by atoms with Crippen LogP contribution in [0.3, 0.4) is 0 Å². The minimum Gasteiger partial charge on any atom is -0.479 e. The molecule has 4 rings (SSSR count). The van der Waals surface area contributed by atoms with Gasteiger partial charge in [-0.3, -0.25) is 4.79 Å². The van der Waals surface area contributed by atoms with Crippen LogP contribution in [0.15, 0.2) is 41.0 Å². The number of fused-ring (bicyclic) bond motifs is 1.